The van der Waals surface area contributed by atoms with Crippen molar-refractivity contribution in [1.29, 1.82) is 0 Å². The zero-order valence-electron chi connectivity index (χ0n) is 12.8. The first-order chi connectivity index (χ1) is 9.53. The Bertz CT molecular complexity index is 417. The number of nitrogens with zero attached hydrogens (tertiary/aromatic N) is 1. The van der Waals surface area contributed by atoms with Gasteiger partial charge in [0.05, 0.1) is 18.3 Å². The highest BCUT2D eigenvalue weighted by molar-refractivity contribution is 5.30. The fourth-order valence-corrected chi connectivity index (χ4v) is 2.97. The molecular formula is C16H25NO3. The molecule has 3 unspecified atom stereocenters. The largest absolute Gasteiger partial charge is 0.387 e. The minimum atomic E-state index is -0.471. The van der Waals surface area contributed by atoms with Crippen LogP contribution in [-0.4, -0.2) is 56.1 Å². The predicted octanol–water partition coefficient (Wildman–Crippen LogP) is 1.68. The topological polar surface area (TPSA) is 41.9 Å². The maximum atomic E-state index is 10.4. The molecule has 112 valence electrons. The van der Waals surface area contributed by atoms with Crippen LogP contribution in [0, 0.1) is 13.8 Å². The average Bonchev–Trinajstić information content (AvgIpc) is 2.79. The van der Waals surface area contributed by atoms with Gasteiger partial charge in [0.1, 0.15) is 0 Å². The van der Waals surface area contributed by atoms with Crippen molar-refractivity contribution >= 4 is 0 Å². The first-order valence-corrected chi connectivity index (χ1v) is 7.07. The summed E-state index contributed by atoms with van der Waals surface area (Å²) < 4.78 is 10.8. The second-order valence-corrected chi connectivity index (χ2v) is 5.70. The van der Waals surface area contributed by atoms with Crippen LogP contribution < -0.4 is 0 Å². The van der Waals surface area contributed by atoms with E-state index in [1.807, 2.05) is 0 Å². The van der Waals surface area contributed by atoms with Gasteiger partial charge in [-0.2, -0.15) is 0 Å². The van der Waals surface area contributed by atoms with E-state index < -0.39 is 6.10 Å². The van der Waals surface area contributed by atoms with Crippen LogP contribution in [0.4, 0.5) is 0 Å². The van der Waals surface area contributed by atoms with Crippen molar-refractivity contribution in [3.8, 4) is 0 Å². The molecule has 1 N–H and O–H groups in total. The SMILES string of the molecule is COC1CN(CC(O)c2cc(C)cc(C)c2)CC1OC. The zero-order valence-corrected chi connectivity index (χ0v) is 12.8. The van der Waals surface area contributed by atoms with E-state index in [0.717, 1.165) is 18.7 Å². The van der Waals surface area contributed by atoms with Crippen molar-refractivity contribution in [1.82, 2.24) is 4.90 Å². The van der Waals surface area contributed by atoms with E-state index in [0.29, 0.717) is 6.54 Å². The van der Waals surface area contributed by atoms with Crippen LogP contribution in [0.25, 0.3) is 0 Å². The summed E-state index contributed by atoms with van der Waals surface area (Å²) in [5, 5.41) is 10.4. The van der Waals surface area contributed by atoms with Crippen molar-refractivity contribution in [2.24, 2.45) is 0 Å². The summed E-state index contributed by atoms with van der Waals surface area (Å²) in [7, 11) is 3.42. The number of aliphatic hydroxyl groups excluding tert-OH is 1. The lowest BCUT2D eigenvalue weighted by Gasteiger charge is -2.20. The molecule has 1 heterocycles. The fourth-order valence-electron chi connectivity index (χ4n) is 2.97. The van der Waals surface area contributed by atoms with Gasteiger partial charge >= 0.3 is 0 Å². The van der Waals surface area contributed by atoms with Crippen LogP contribution in [0.3, 0.4) is 0 Å². The predicted molar refractivity (Wildman–Crippen MR) is 78.9 cm³/mol. The van der Waals surface area contributed by atoms with Gasteiger partial charge in [0.25, 0.3) is 0 Å². The maximum absolute atomic E-state index is 10.4. The number of aryl methyl sites for hydroxylation is 2. The normalized spacial score (nSPS) is 25.1. The molecule has 0 aliphatic carbocycles. The van der Waals surface area contributed by atoms with E-state index in [4.69, 9.17) is 9.47 Å². The number of ether oxygens (including phenoxy) is 2. The van der Waals surface area contributed by atoms with Gasteiger partial charge < -0.3 is 14.6 Å². The first kappa shape index (κ1) is 15.4. The number of likely N-dealkylation sites (tertiary alicyclic amines) is 1. The van der Waals surface area contributed by atoms with Crippen LogP contribution in [0.2, 0.25) is 0 Å². The number of benzene rings is 1. The van der Waals surface area contributed by atoms with E-state index >= 15 is 0 Å². The monoisotopic (exact) mass is 279 g/mol. The minimum absolute atomic E-state index is 0.0893. The Morgan fingerprint density at radius 3 is 2.05 bits per heavy atom. The first-order valence-electron chi connectivity index (χ1n) is 7.07. The molecule has 1 fully saturated rings. The molecule has 1 saturated heterocycles. The molecule has 1 aliphatic heterocycles. The van der Waals surface area contributed by atoms with Crippen LogP contribution in [0.5, 0.6) is 0 Å². The van der Waals surface area contributed by atoms with Crippen molar-refractivity contribution < 1.29 is 14.6 Å². The number of hydrogen-bond acceptors (Lipinski definition) is 4. The molecule has 0 aromatic heterocycles. The molecule has 1 aromatic rings. The molecular weight excluding hydrogens is 254 g/mol. The average molecular weight is 279 g/mol. The molecule has 0 spiro atoms. The van der Waals surface area contributed by atoms with Crippen LogP contribution >= 0.6 is 0 Å². The lowest BCUT2D eigenvalue weighted by molar-refractivity contribution is -0.00461. The quantitative estimate of drug-likeness (QED) is 0.890. The van der Waals surface area contributed by atoms with E-state index in [2.05, 4.69) is 36.9 Å². The summed E-state index contributed by atoms with van der Waals surface area (Å²) in [5.74, 6) is 0. The molecule has 1 aliphatic rings. The third-order valence-corrected chi connectivity index (χ3v) is 3.96. The molecule has 3 atom stereocenters. The van der Waals surface area contributed by atoms with Gasteiger partial charge in [-0.15, -0.1) is 0 Å². The maximum Gasteiger partial charge on any atom is 0.0971 e. The van der Waals surface area contributed by atoms with Gasteiger partial charge in [-0.05, 0) is 19.4 Å². The Morgan fingerprint density at radius 2 is 1.60 bits per heavy atom. The summed E-state index contributed by atoms with van der Waals surface area (Å²) in [5.41, 5.74) is 3.35. The highest BCUT2D eigenvalue weighted by Gasteiger charge is 2.33. The minimum Gasteiger partial charge on any atom is -0.387 e. The molecule has 0 amide bonds. The lowest BCUT2D eigenvalue weighted by Crippen LogP contribution is -2.28. The van der Waals surface area contributed by atoms with E-state index in [1.54, 1.807) is 14.2 Å². The third kappa shape index (κ3) is 3.58. The number of methoxy groups -OCH3 is 2. The molecule has 4 nitrogen and oxygen atoms in total. The highest BCUT2D eigenvalue weighted by atomic mass is 16.5. The Balaban J connectivity index is 1.99. The van der Waals surface area contributed by atoms with E-state index in [1.165, 1.54) is 11.1 Å². The summed E-state index contributed by atoms with van der Waals surface area (Å²) in [6.45, 7) is 6.33. The van der Waals surface area contributed by atoms with Gasteiger partial charge in [0.15, 0.2) is 0 Å². The number of aliphatic hydroxyl groups is 1. The standard InChI is InChI=1S/C16H25NO3/c1-11-5-12(2)7-13(6-11)14(18)8-17-9-15(19-3)16(10-17)20-4/h5-7,14-16,18H,8-10H2,1-4H3. The van der Waals surface area contributed by atoms with Crippen molar-refractivity contribution in [2.45, 2.75) is 32.2 Å². The van der Waals surface area contributed by atoms with Crippen molar-refractivity contribution in [3.63, 3.8) is 0 Å². The van der Waals surface area contributed by atoms with Crippen molar-refractivity contribution in [2.75, 3.05) is 33.9 Å². The molecule has 20 heavy (non-hydrogen) atoms. The second kappa shape index (κ2) is 6.68. The molecule has 0 radical (unpaired) electrons. The van der Waals surface area contributed by atoms with Gasteiger partial charge in [0, 0.05) is 33.9 Å². The third-order valence-electron chi connectivity index (χ3n) is 3.96. The highest BCUT2D eigenvalue weighted by Crippen LogP contribution is 2.22. The van der Waals surface area contributed by atoms with Gasteiger partial charge in [0.2, 0.25) is 0 Å². The summed E-state index contributed by atoms with van der Waals surface area (Å²) in [6, 6.07) is 6.22. The smallest absolute Gasteiger partial charge is 0.0971 e. The number of rotatable bonds is 5. The van der Waals surface area contributed by atoms with E-state index in [-0.39, 0.29) is 12.2 Å². The second-order valence-electron chi connectivity index (χ2n) is 5.70. The Morgan fingerprint density at radius 1 is 1.10 bits per heavy atom. The number of hydrogen-bond donors (Lipinski definition) is 1. The molecule has 0 saturated carbocycles. The Kier molecular flexibility index (Phi) is 5.16. The van der Waals surface area contributed by atoms with Gasteiger partial charge in [-0.3, -0.25) is 4.90 Å². The summed E-state index contributed by atoms with van der Waals surface area (Å²) in [4.78, 5) is 2.20. The Labute approximate surface area is 121 Å². The lowest BCUT2D eigenvalue weighted by atomic mass is 10.0. The number of β-amino-alcohol motifs (C(OH)–C–C–N with tert-alkyl or cyclic N) is 1. The van der Waals surface area contributed by atoms with Crippen LogP contribution in [-0.2, 0) is 9.47 Å². The van der Waals surface area contributed by atoms with Crippen LogP contribution in [0.15, 0.2) is 18.2 Å². The van der Waals surface area contributed by atoms with Crippen LogP contribution in [0.1, 0.15) is 22.8 Å². The Hall–Kier alpha value is -0.940. The van der Waals surface area contributed by atoms with Crippen molar-refractivity contribution in [3.05, 3.63) is 34.9 Å². The summed E-state index contributed by atoms with van der Waals surface area (Å²) >= 11 is 0. The molecule has 4 heteroatoms. The van der Waals surface area contributed by atoms with Gasteiger partial charge in [-0.25, -0.2) is 0 Å². The summed E-state index contributed by atoms with van der Waals surface area (Å²) in [6.07, 6.45) is -0.292. The molecule has 2 rings (SSSR count). The fraction of sp³-hybridized carbons (Fsp3) is 0.625. The van der Waals surface area contributed by atoms with Gasteiger partial charge in [-0.1, -0.05) is 29.3 Å². The molecule has 1 aromatic carbocycles. The zero-order chi connectivity index (χ0) is 14.7. The molecule has 0 bridgehead atoms. The van der Waals surface area contributed by atoms with E-state index in [9.17, 15) is 5.11 Å².